The molecular formula is C23H25BrN2O5. The van der Waals surface area contributed by atoms with Crippen LogP contribution in [0.25, 0.3) is 32.6 Å². The van der Waals surface area contributed by atoms with Crippen molar-refractivity contribution < 1.29 is 46.7 Å². The molecule has 164 valence electrons. The van der Waals surface area contributed by atoms with Gasteiger partial charge in [0.15, 0.2) is 18.5 Å². The lowest BCUT2D eigenvalue weighted by Crippen LogP contribution is -3.00. The van der Waals surface area contributed by atoms with Crippen molar-refractivity contribution in [3.63, 3.8) is 0 Å². The number of H-pyrrole nitrogens is 1. The Morgan fingerprint density at radius 2 is 1.68 bits per heavy atom. The number of aromatic nitrogens is 2. The number of fused-ring (bicyclic) bond motifs is 4. The van der Waals surface area contributed by atoms with E-state index < -0.39 is 30.6 Å². The number of phenolic OH excluding ortho intramolecular Hbond substituents is 1. The van der Waals surface area contributed by atoms with Crippen molar-refractivity contribution in [1.82, 2.24) is 4.98 Å². The van der Waals surface area contributed by atoms with E-state index >= 15 is 0 Å². The standard InChI is InChI=1S/C23H24N2O5.BrH/c1-10-16-9-25(23-22(29)21(28)20(27)12(3)30-23)7-6-14(16)11(2)19-18(10)15-8-13(26)4-5-17(15)24-19;/h4-9,12,20-23,26-29H,1-3H3;1H/t12-,20-,21+,22+,23-;/m0./s1. The Balaban J connectivity index is 0.00000231. The van der Waals surface area contributed by atoms with E-state index in [2.05, 4.69) is 11.9 Å². The molecule has 0 unspecified atom stereocenters. The molecule has 5 atom stereocenters. The second-order valence-electron chi connectivity index (χ2n) is 8.28. The number of aliphatic hydroxyl groups excluding tert-OH is 3. The van der Waals surface area contributed by atoms with E-state index in [4.69, 9.17) is 4.74 Å². The molecular weight excluding hydrogens is 464 g/mol. The van der Waals surface area contributed by atoms with E-state index in [0.717, 1.165) is 43.7 Å². The lowest BCUT2D eigenvalue weighted by molar-refractivity contribution is -0.776. The molecule has 0 aliphatic carbocycles. The summed E-state index contributed by atoms with van der Waals surface area (Å²) in [6.45, 7) is 5.76. The zero-order valence-corrected chi connectivity index (χ0v) is 19.0. The highest BCUT2D eigenvalue weighted by Crippen LogP contribution is 2.37. The molecule has 0 saturated carbocycles. The Morgan fingerprint density at radius 1 is 0.935 bits per heavy atom. The minimum Gasteiger partial charge on any atom is -1.00 e. The summed E-state index contributed by atoms with van der Waals surface area (Å²) in [6, 6.07) is 7.27. The number of pyridine rings is 1. The van der Waals surface area contributed by atoms with Crippen molar-refractivity contribution >= 4 is 32.6 Å². The predicted molar refractivity (Wildman–Crippen MR) is 112 cm³/mol. The fourth-order valence-electron chi connectivity index (χ4n) is 4.69. The molecule has 0 radical (unpaired) electrons. The summed E-state index contributed by atoms with van der Waals surface area (Å²) in [7, 11) is 0. The van der Waals surface area contributed by atoms with E-state index in [1.165, 1.54) is 0 Å². The van der Waals surface area contributed by atoms with Gasteiger partial charge in [-0.1, -0.05) is 0 Å². The van der Waals surface area contributed by atoms with Crippen molar-refractivity contribution in [3.8, 4) is 5.75 Å². The lowest BCUT2D eigenvalue weighted by atomic mass is 9.96. The maximum atomic E-state index is 10.5. The first-order valence-corrected chi connectivity index (χ1v) is 10.1. The van der Waals surface area contributed by atoms with E-state index in [-0.39, 0.29) is 22.7 Å². The van der Waals surface area contributed by atoms with Gasteiger partial charge in [0.1, 0.15) is 18.0 Å². The molecule has 0 amide bonds. The number of benzene rings is 2. The van der Waals surface area contributed by atoms with Crippen molar-refractivity contribution in [1.29, 1.82) is 0 Å². The molecule has 3 heterocycles. The maximum Gasteiger partial charge on any atom is 0.291 e. The third-order valence-electron chi connectivity index (χ3n) is 6.44. The number of ether oxygens (including phenoxy) is 1. The average Bonchev–Trinajstić information content (AvgIpc) is 3.12. The largest absolute Gasteiger partial charge is 1.00 e. The van der Waals surface area contributed by atoms with Crippen molar-refractivity contribution in [3.05, 3.63) is 47.8 Å². The summed E-state index contributed by atoms with van der Waals surface area (Å²) in [4.78, 5) is 3.46. The normalized spacial score (nSPS) is 26.5. The van der Waals surface area contributed by atoms with Gasteiger partial charge in [-0.15, -0.1) is 0 Å². The van der Waals surface area contributed by atoms with Gasteiger partial charge in [-0.05, 0) is 55.5 Å². The Morgan fingerprint density at radius 3 is 2.42 bits per heavy atom. The monoisotopic (exact) mass is 488 g/mol. The van der Waals surface area contributed by atoms with Gasteiger partial charge in [0.25, 0.3) is 6.23 Å². The number of nitrogens with zero attached hydrogens (tertiary/aromatic N) is 1. The van der Waals surface area contributed by atoms with Crippen LogP contribution in [0.2, 0.25) is 0 Å². The van der Waals surface area contributed by atoms with Crippen LogP contribution in [0.4, 0.5) is 0 Å². The predicted octanol–water partition coefficient (Wildman–Crippen LogP) is -0.912. The van der Waals surface area contributed by atoms with Crippen LogP contribution in [0.5, 0.6) is 5.75 Å². The van der Waals surface area contributed by atoms with Crippen molar-refractivity contribution in [2.75, 3.05) is 0 Å². The quantitative estimate of drug-likeness (QED) is 0.223. The molecule has 4 aromatic rings. The number of rotatable bonds is 1. The van der Waals surface area contributed by atoms with E-state index in [0.29, 0.717) is 0 Å². The Hall–Kier alpha value is -2.23. The minimum absolute atomic E-state index is 0. The Bertz CT molecular complexity index is 1300. The molecule has 5 N–H and O–H groups in total. The van der Waals surface area contributed by atoms with E-state index in [9.17, 15) is 20.4 Å². The van der Waals surface area contributed by atoms with Gasteiger partial charge in [-0.25, -0.2) is 0 Å². The smallest absolute Gasteiger partial charge is 0.291 e. The molecule has 1 fully saturated rings. The third-order valence-corrected chi connectivity index (χ3v) is 6.44. The first-order valence-electron chi connectivity index (χ1n) is 10.1. The first-order chi connectivity index (χ1) is 14.3. The second kappa shape index (κ2) is 7.72. The number of phenols is 1. The molecule has 0 spiro atoms. The van der Waals surface area contributed by atoms with Gasteiger partial charge in [0.2, 0.25) is 0 Å². The Kier molecular flexibility index (Phi) is 5.47. The Labute approximate surface area is 189 Å². The molecule has 0 bridgehead atoms. The number of aliphatic hydroxyl groups is 3. The van der Waals surface area contributed by atoms with Crippen LogP contribution in [-0.2, 0) is 4.74 Å². The summed E-state index contributed by atoms with van der Waals surface area (Å²) in [5.74, 6) is 0.212. The molecule has 7 nitrogen and oxygen atoms in total. The van der Waals surface area contributed by atoms with Gasteiger partial charge >= 0.3 is 0 Å². The number of nitrogens with one attached hydrogen (secondary N) is 1. The highest BCUT2D eigenvalue weighted by molar-refractivity contribution is 6.16. The van der Waals surface area contributed by atoms with Gasteiger partial charge in [0.05, 0.1) is 11.6 Å². The van der Waals surface area contributed by atoms with Gasteiger partial charge < -0.3 is 47.1 Å². The molecule has 1 aliphatic heterocycles. The number of hydrogen-bond acceptors (Lipinski definition) is 5. The molecule has 1 aliphatic rings. The zero-order chi connectivity index (χ0) is 21.3. The van der Waals surface area contributed by atoms with Crippen LogP contribution in [0.3, 0.4) is 0 Å². The summed E-state index contributed by atoms with van der Waals surface area (Å²) in [6.07, 6.45) is -1.38. The fourth-order valence-corrected chi connectivity index (χ4v) is 4.69. The second-order valence-corrected chi connectivity index (χ2v) is 8.28. The number of hydrogen-bond donors (Lipinski definition) is 5. The molecule has 2 aromatic carbocycles. The summed E-state index contributed by atoms with van der Waals surface area (Å²) < 4.78 is 7.55. The SMILES string of the molecule is Cc1c2cc[n+]([C@H]3O[C@@H](C)[C@H](O)[C@@H](O)[C@H]3O)cc2c(C)c2c1[nH]c1ccc(O)cc12.[Br-]. The average molecular weight is 489 g/mol. The third kappa shape index (κ3) is 3.21. The number of aromatic hydroxyl groups is 1. The topological polar surface area (TPSA) is 110 Å². The molecule has 31 heavy (non-hydrogen) atoms. The number of aromatic amines is 1. The van der Waals surface area contributed by atoms with Gasteiger partial charge in [-0.3, -0.25) is 0 Å². The van der Waals surface area contributed by atoms with Gasteiger partial charge in [-0.2, -0.15) is 4.57 Å². The van der Waals surface area contributed by atoms with Crippen LogP contribution in [0, 0.1) is 13.8 Å². The van der Waals surface area contributed by atoms with E-state index in [1.807, 2.05) is 31.5 Å². The van der Waals surface area contributed by atoms with Crippen molar-refractivity contribution in [2.45, 2.75) is 51.4 Å². The van der Waals surface area contributed by atoms with Gasteiger partial charge in [0, 0.05) is 27.7 Å². The van der Waals surface area contributed by atoms with E-state index in [1.54, 1.807) is 23.6 Å². The first kappa shape index (κ1) is 22.0. The summed E-state index contributed by atoms with van der Waals surface area (Å²) in [5, 5.41) is 44.7. The number of halogens is 1. The fraction of sp³-hybridized carbons (Fsp3) is 0.348. The van der Waals surface area contributed by atoms with Crippen LogP contribution in [0.1, 0.15) is 24.3 Å². The summed E-state index contributed by atoms with van der Waals surface area (Å²) in [5.41, 5.74) is 4.10. The molecule has 5 rings (SSSR count). The highest BCUT2D eigenvalue weighted by Gasteiger charge is 2.46. The minimum atomic E-state index is -1.29. The van der Waals surface area contributed by atoms with Crippen LogP contribution < -0.4 is 21.5 Å². The molecule has 2 aromatic heterocycles. The summed E-state index contributed by atoms with van der Waals surface area (Å²) >= 11 is 0. The molecule has 8 heteroatoms. The van der Waals surface area contributed by atoms with Crippen LogP contribution >= 0.6 is 0 Å². The highest BCUT2D eigenvalue weighted by atomic mass is 79.9. The maximum absolute atomic E-state index is 10.5. The van der Waals surface area contributed by atoms with Crippen LogP contribution in [0.15, 0.2) is 36.7 Å². The molecule has 1 saturated heterocycles. The van der Waals surface area contributed by atoms with Crippen LogP contribution in [-0.4, -0.2) is 49.8 Å². The number of aryl methyl sites for hydroxylation is 2. The van der Waals surface area contributed by atoms with Crippen molar-refractivity contribution in [2.24, 2.45) is 0 Å². The zero-order valence-electron chi connectivity index (χ0n) is 17.4. The lowest BCUT2D eigenvalue weighted by Gasteiger charge is -2.36.